The summed E-state index contributed by atoms with van der Waals surface area (Å²) < 4.78 is 2.01. The molecule has 0 spiro atoms. The minimum Gasteiger partial charge on any atom is -0.352 e. The Balaban J connectivity index is 1.66. The first kappa shape index (κ1) is 10.8. The van der Waals surface area contributed by atoms with Gasteiger partial charge in [-0.3, -0.25) is 4.68 Å². The lowest BCUT2D eigenvalue weighted by Crippen LogP contribution is -2.48. The maximum Gasteiger partial charge on any atom is 0.128 e. The van der Waals surface area contributed by atoms with Gasteiger partial charge in [-0.05, 0) is 24.6 Å². The minimum atomic E-state index is 0.427. The largest absolute Gasteiger partial charge is 0.352 e. The predicted octanol–water partition coefficient (Wildman–Crippen LogP) is 1.52. The van der Waals surface area contributed by atoms with E-state index in [9.17, 15) is 0 Å². The maximum atomic E-state index is 8.72. The van der Waals surface area contributed by atoms with Gasteiger partial charge in [0.15, 0.2) is 0 Å². The third kappa shape index (κ3) is 1.82. The van der Waals surface area contributed by atoms with E-state index in [1.54, 1.807) is 12.3 Å². The minimum absolute atomic E-state index is 0.427. The molecule has 0 aliphatic carbocycles. The molecule has 0 radical (unpaired) electrons. The number of anilines is 1. The number of nitrogens with zero attached hydrogens (tertiary/aromatic N) is 5. The fraction of sp³-hybridized carbons (Fsp3) is 0.308. The van der Waals surface area contributed by atoms with Crippen LogP contribution in [0.25, 0.3) is 0 Å². The van der Waals surface area contributed by atoms with E-state index in [4.69, 9.17) is 5.26 Å². The first-order valence-electron chi connectivity index (χ1n) is 5.88. The molecule has 2 aromatic heterocycles. The molecule has 0 aromatic carbocycles. The summed E-state index contributed by atoms with van der Waals surface area (Å²) in [6, 6.07) is 6.19. The second kappa shape index (κ2) is 4.15. The summed E-state index contributed by atoms with van der Waals surface area (Å²) in [6.07, 6.45) is 5.55. The van der Waals surface area contributed by atoms with Gasteiger partial charge in [-0.2, -0.15) is 10.4 Å². The van der Waals surface area contributed by atoms with Crippen molar-refractivity contribution in [2.24, 2.45) is 0 Å². The molecule has 5 heteroatoms. The topological polar surface area (TPSA) is 57.7 Å². The second-order valence-corrected chi connectivity index (χ2v) is 4.57. The molecule has 3 heterocycles. The molecule has 0 unspecified atom stereocenters. The van der Waals surface area contributed by atoms with E-state index in [0.29, 0.717) is 11.6 Å². The van der Waals surface area contributed by atoms with E-state index in [2.05, 4.69) is 27.2 Å². The Hall–Kier alpha value is -2.35. The molecule has 18 heavy (non-hydrogen) atoms. The van der Waals surface area contributed by atoms with Gasteiger partial charge >= 0.3 is 0 Å². The molecule has 1 aliphatic rings. The summed E-state index contributed by atoms with van der Waals surface area (Å²) in [7, 11) is 0. The Morgan fingerprint density at radius 3 is 2.72 bits per heavy atom. The normalized spacial score (nSPS) is 15.2. The van der Waals surface area contributed by atoms with Crippen LogP contribution in [0, 0.1) is 18.3 Å². The number of hydrogen-bond donors (Lipinski definition) is 0. The van der Waals surface area contributed by atoms with E-state index < -0.39 is 0 Å². The fourth-order valence-corrected chi connectivity index (χ4v) is 2.08. The first-order valence-corrected chi connectivity index (χ1v) is 5.88. The molecule has 5 nitrogen and oxygen atoms in total. The number of rotatable bonds is 2. The van der Waals surface area contributed by atoms with E-state index in [1.807, 2.05) is 23.9 Å². The van der Waals surface area contributed by atoms with Gasteiger partial charge in [0.2, 0.25) is 0 Å². The van der Waals surface area contributed by atoms with Gasteiger partial charge in [0.05, 0.1) is 17.8 Å². The van der Waals surface area contributed by atoms with Crippen LogP contribution in [0.4, 0.5) is 5.82 Å². The molecule has 1 aliphatic heterocycles. The highest BCUT2D eigenvalue weighted by Crippen LogP contribution is 2.25. The highest BCUT2D eigenvalue weighted by atomic mass is 15.4. The van der Waals surface area contributed by atoms with Crippen LogP contribution in [0.3, 0.4) is 0 Å². The highest BCUT2D eigenvalue weighted by Gasteiger charge is 2.29. The Kier molecular flexibility index (Phi) is 2.49. The summed E-state index contributed by atoms with van der Waals surface area (Å²) in [6.45, 7) is 3.88. The van der Waals surface area contributed by atoms with Crippen molar-refractivity contribution < 1.29 is 0 Å². The summed E-state index contributed by atoms with van der Waals surface area (Å²) in [5, 5.41) is 13.0. The number of aryl methyl sites for hydroxylation is 1. The van der Waals surface area contributed by atoms with E-state index >= 15 is 0 Å². The van der Waals surface area contributed by atoms with E-state index in [0.717, 1.165) is 18.9 Å². The number of aromatic nitrogens is 3. The summed E-state index contributed by atoms with van der Waals surface area (Å²) >= 11 is 0. The molecular formula is C13H13N5. The average Bonchev–Trinajstić information content (AvgIpc) is 2.75. The Morgan fingerprint density at radius 1 is 1.33 bits per heavy atom. The van der Waals surface area contributed by atoms with Crippen molar-refractivity contribution in [3.63, 3.8) is 0 Å². The van der Waals surface area contributed by atoms with Crippen LogP contribution in [-0.2, 0) is 0 Å². The number of hydrogen-bond acceptors (Lipinski definition) is 4. The molecule has 0 N–H and O–H groups in total. The van der Waals surface area contributed by atoms with Crippen molar-refractivity contribution >= 4 is 5.82 Å². The quantitative estimate of drug-likeness (QED) is 0.797. The lowest BCUT2D eigenvalue weighted by molar-refractivity contribution is 0.366. The molecular weight excluding hydrogens is 226 g/mol. The zero-order valence-corrected chi connectivity index (χ0v) is 10.1. The van der Waals surface area contributed by atoms with E-state index in [-0.39, 0.29) is 0 Å². The SMILES string of the molecule is Cc1cnn(C2CN(c3ccc(C#N)cn3)C2)c1. The lowest BCUT2D eigenvalue weighted by atomic mass is 10.1. The Labute approximate surface area is 105 Å². The Morgan fingerprint density at radius 2 is 2.17 bits per heavy atom. The predicted molar refractivity (Wildman–Crippen MR) is 67.2 cm³/mol. The van der Waals surface area contributed by atoms with Gasteiger partial charge in [-0.25, -0.2) is 4.98 Å². The zero-order chi connectivity index (χ0) is 12.5. The van der Waals surface area contributed by atoms with Crippen molar-refractivity contribution in [2.75, 3.05) is 18.0 Å². The van der Waals surface area contributed by atoms with Gasteiger partial charge < -0.3 is 4.90 Å². The maximum absolute atomic E-state index is 8.72. The number of nitriles is 1. The Bertz CT molecular complexity index is 587. The van der Waals surface area contributed by atoms with Crippen LogP contribution in [0.15, 0.2) is 30.7 Å². The van der Waals surface area contributed by atoms with Crippen molar-refractivity contribution in [1.82, 2.24) is 14.8 Å². The lowest BCUT2D eigenvalue weighted by Gasteiger charge is -2.40. The van der Waals surface area contributed by atoms with Gasteiger partial charge in [-0.15, -0.1) is 0 Å². The smallest absolute Gasteiger partial charge is 0.128 e. The van der Waals surface area contributed by atoms with E-state index in [1.165, 1.54) is 5.56 Å². The highest BCUT2D eigenvalue weighted by molar-refractivity contribution is 5.44. The second-order valence-electron chi connectivity index (χ2n) is 4.57. The molecule has 90 valence electrons. The van der Waals surface area contributed by atoms with Crippen LogP contribution in [0.5, 0.6) is 0 Å². The van der Waals surface area contributed by atoms with Crippen molar-refractivity contribution in [2.45, 2.75) is 13.0 Å². The van der Waals surface area contributed by atoms with Crippen LogP contribution < -0.4 is 4.90 Å². The third-order valence-corrected chi connectivity index (χ3v) is 3.17. The van der Waals surface area contributed by atoms with Crippen molar-refractivity contribution in [3.8, 4) is 6.07 Å². The summed E-state index contributed by atoms with van der Waals surface area (Å²) in [5.74, 6) is 0.925. The first-order chi connectivity index (χ1) is 8.76. The van der Waals surface area contributed by atoms with Crippen molar-refractivity contribution in [3.05, 3.63) is 41.9 Å². The molecule has 2 aromatic rings. The summed E-state index contributed by atoms with van der Waals surface area (Å²) in [5.41, 5.74) is 1.78. The molecule has 3 rings (SSSR count). The molecule has 1 fully saturated rings. The average molecular weight is 239 g/mol. The molecule has 0 saturated carbocycles. The van der Waals surface area contributed by atoms with Crippen LogP contribution >= 0.6 is 0 Å². The van der Waals surface area contributed by atoms with Gasteiger partial charge in [0.25, 0.3) is 0 Å². The van der Waals surface area contributed by atoms with Crippen LogP contribution in [0.1, 0.15) is 17.2 Å². The molecule has 1 saturated heterocycles. The van der Waals surface area contributed by atoms with Crippen LogP contribution in [-0.4, -0.2) is 27.9 Å². The standard InChI is InChI=1S/C13H13N5/c1-10-5-16-18(7-10)12-8-17(9-12)13-3-2-11(4-14)6-15-13/h2-3,5-7,12H,8-9H2,1H3. The third-order valence-electron chi connectivity index (χ3n) is 3.17. The van der Waals surface area contributed by atoms with Crippen LogP contribution in [0.2, 0.25) is 0 Å². The summed E-state index contributed by atoms with van der Waals surface area (Å²) in [4.78, 5) is 6.46. The fourth-order valence-electron chi connectivity index (χ4n) is 2.08. The van der Waals surface area contributed by atoms with Gasteiger partial charge in [0.1, 0.15) is 11.9 Å². The molecule has 0 atom stereocenters. The van der Waals surface area contributed by atoms with Crippen molar-refractivity contribution in [1.29, 1.82) is 5.26 Å². The molecule has 0 bridgehead atoms. The molecule has 0 amide bonds. The van der Waals surface area contributed by atoms with Gasteiger partial charge in [0, 0.05) is 25.5 Å². The van der Waals surface area contributed by atoms with Gasteiger partial charge in [-0.1, -0.05) is 0 Å². The monoisotopic (exact) mass is 239 g/mol. The number of pyridine rings is 1. The zero-order valence-electron chi connectivity index (χ0n) is 10.1.